The van der Waals surface area contributed by atoms with Crippen LogP contribution in [-0.4, -0.2) is 11.0 Å². The molecule has 0 bridgehead atoms. The van der Waals surface area contributed by atoms with Crippen LogP contribution in [0.5, 0.6) is 0 Å². The van der Waals surface area contributed by atoms with Gasteiger partial charge in [0.25, 0.3) is 0 Å². The lowest BCUT2D eigenvalue weighted by molar-refractivity contribution is 0.259. The van der Waals surface area contributed by atoms with Crippen LogP contribution >= 0.6 is 15.9 Å². The zero-order chi connectivity index (χ0) is 13.7. The fraction of sp³-hybridized carbons (Fsp3) is 0.0769. The van der Waals surface area contributed by atoms with Crippen LogP contribution in [0.2, 0.25) is 0 Å². The van der Waals surface area contributed by atoms with Gasteiger partial charge in [0, 0.05) is 34.8 Å². The second-order valence-corrected chi connectivity index (χ2v) is 4.85. The molecule has 19 heavy (non-hydrogen) atoms. The highest BCUT2D eigenvalue weighted by atomic mass is 79.9. The summed E-state index contributed by atoms with van der Waals surface area (Å²) in [6.07, 6.45) is 3.53. The number of carbonyl (C=O) groups excluding carboxylic acids is 1. The molecule has 2 amide bonds. The van der Waals surface area contributed by atoms with E-state index in [0.29, 0.717) is 12.2 Å². The standard InChI is InChI=1S/C13H13BrN4O/c14-10-4-9(6-16-8-10)7-17-11-2-1-3-12(5-11)18-13(15)19/h1-6,8,17H,7H2,(H3,15,18,19). The van der Waals surface area contributed by atoms with E-state index in [9.17, 15) is 4.79 Å². The Balaban J connectivity index is 2.01. The molecule has 1 aromatic carbocycles. The third kappa shape index (κ3) is 4.26. The van der Waals surface area contributed by atoms with E-state index in [4.69, 9.17) is 5.73 Å². The highest BCUT2D eigenvalue weighted by Gasteiger charge is 1.99. The second-order valence-electron chi connectivity index (χ2n) is 3.94. The minimum Gasteiger partial charge on any atom is -0.381 e. The molecule has 0 saturated carbocycles. The molecule has 2 rings (SSSR count). The van der Waals surface area contributed by atoms with E-state index < -0.39 is 6.03 Å². The number of hydrogen-bond acceptors (Lipinski definition) is 3. The highest BCUT2D eigenvalue weighted by Crippen LogP contribution is 2.16. The second kappa shape index (κ2) is 6.19. The van der Waals surface area contributed by atoms with Crippen molar-refractivity contribution in [2.24, 2.45) is 5.73 Å². The third-order valence-corrected chi connectivity index (χ3v) is 2.82. The maximum atomic E-state index is 10.8. The van der Waals surface area contributed by atoms with Crippen molar-refractivity contribution < 1.29 is 4.79 Å². The SMILES string of the molecule is NC(=O)Nc1cccc(NCc2cncc(Br)c2)c1. The molecule has 1 heterocycles. The van der Waals surface area contributed by atoms with Gasteiger partial charge in [-0.05, 0) is 45.8 Å². The Morgan fingerprint density at radius 3 is 2.79 bits per heavy atom. The monoisotopic (exact) mass is 320 g/mol. The van der Waals surface area contributed by atoms with Gasteiger partial charge in [-0.3, -0.25) is 4.98 Å². The smallest absolute Gasteiger partial charge is 0.316 e. The number of aromatic nitrogens is 1. The first-order valence-electron chi connectivity index (χ1n) is 5.63. The van der Waals surface area contributed by atoms with Gasteiger partial charge in [-0.2, -0.15) is 0 Å². The van der Waals surface area contributed by atoms with E-state index >= 15 is 0 Å². The first-order chi connectivity index (χ1) is 9.13. The minimum atomic E-state index is -0.576. The highest BCUT2D eigenvalue weighted by molar-refractivity contribution is 9.10. The number of nitrogens with zero attached hydrogens (tertiary/aromatic N) is 1. The van der Waals surface area contributed by atoms with Gasteiger partial charge in [0.2, 0.25) is 0 Å². The van der Waals surface area contributed by atoms with Crippen molar-refractivity contribution in [3.63, 3.8) is 0 Å². The molecule has 6 heteroatoms. The molecule has 0 atom stereocenters. The molecule has 2 aromatic rings. The summed E-state index contributed by atoms with van der Waals surface area (Å²) in [4.78, 5) is 14.9. The lowest BCUT2D eigenvalue weighted by atomic mass is 10.2. The zero-order valence-electron chi connectivity index (χ0n) is 10.1. The number of nitrogens with two attached hydrogens (primary N) is 1. The van der Waals surface area contributed by atoms with Crippen molar-refractivity contribution in [1.29, 1.82) is 0 Å². The Labute approximate surface area is 119 Å². The van der Waals surface area contributed by atoms with E-state index in [2.05, 4.69) is 31.5 Å². The van der Waals surface area contributed by atoms with Gasteiger partial charge in [0.05, 0.1) is 0 Å². The van der Waals surface area contributed by atoms with Crippen LogP contribution in [0, 0.1) is 0 Å². The lowest BCUT2D eigenvalue weighted by Gasteiger charge is -2.08. The maximum Gasteiger partial charge on any atom is 0.316 e. The summed E-state index contributed by atoms with van der Waals surface area (Å²) < 4.78 is 0.941. The molecule has 98 valence electrons. The number of rotatable bonds is 4. The number of anilines is 2. The van der Waals surface area contributed by atoms with Crippen LogP contribution in [0.1, 0.15) is 5.56 Å². The maximum absolute atomic E-state index is 10.8. The molecule has 0 spiro atoms. The van der Waals surface area contributed by atoms with Crippen molar-refractivity contribution in [1.82, 2.24) is 4.98 Å². The van der Waals surface area contributed by atoms with E-state index in [1.165, 1.54) is 0 Å². The topological polar surface area (TPSA) is 80.0 Å². The summed E-state index contributed by atoms with van der Waals surface area (Å²) in [7, 11) is 0. The van der Waals surface area contributed by atoms with Gasteiger partial charge < -0.3 is 16.4 Å². The van der Waals surface area contributed by atoms with Crippen molar-refractivity contribution in [2.75, 3.05) is 10.6 Å². The fourth-order valence-electron chi connectivity index (χ4n) is 1.61. The van der Waals surface area contributed by atoms with Gasteiger partial charge in [-0.15, -0.1) is 0 Å². The van der Waals surface area contributed by atoms with Crippen LogP contribution in [0.25, 0.3) is 0 Å². The first kappa shape index (κ1) is 13.4. The number of hydrogen-bond donors (Lipinski definition) is 3. The zero-order valence-corrected chi connectivity index (χ0v) is 11.6. The summed E-state index contributed by atoms with van der Waals surface area (Å²) in [5.41, 5.74) is 7.68. The molecule has 4 N–H and O–H groups in total. The largest absolute Gasteiger partial charge is 0.381 e. The molecule has 1 aromatic heterocycles. The van der Waals surface area contributed by atoms with Crippen LogP contribution < -0.4 is 16.4 Å². The molecule has 0 aliphatic carbocycles. The summed E-state index contributed by atoms with van der Waals surface area (Å²) >= 11 is 3.38. The fourth-order valence-corrected chi connectivity index (χ4v) is 2.02. The van der Waals surface area contributed by atoms with Gasteiger partial charge in [0.1, 0.15) is 0 Å². The van der Waals surface area contributed by atoms with Gasteiger partial charge in [-0.1, -0.05) is 6.07 Å². The predicted octanol–water partition coefficient (Wildman–Crippen LogP) is 2.95. The molecule has 0 aliphatic rings. The lowest BCUT2D eigenvalue weighted by Crippen LogP contribution is -2.19. The number of benzene rings is 1. The molecular formula is C13H13BrN4O. The van der Waals surface area contributed by atoms with Gasteiger partial charge >= 0.3 is 6.03 Å². The van der Waals surface area contributed by atoms with Crippen LogP contribution in [0.15, 0.2) is 47.2 Å². The van der Waals surface area contributed by atoms with Crippen molar-refractivity contribution in [3.05, 3.63) is 52.8 Å². The number of nitrogens with one attached hydrogen (secondary N) is 2. The molecule has 0 fully saturated rings. The molecule has 0 radical (unpaired) electrons. The predicted molar refractivity (Wildman–Crippen MR) is 78.9 cm³/mol. The number of primary amides is 1. The number of amides is 2. The molecule has 0 unspecified atom stereocenters. The first-order valence-corrected chi connectivity index (χ1v) is 6.42. The Kier molecular flexibility index (Phi) is 4.35. The summed E-state index contributed by atoms with van der Waals surface area (Å²) in [6.45, 7) is 0.645. The number of pyridine rings is 1. The van der Waals surface area contributed by atoms with Crippen LogP contribution in [-0.2, 0) is 6.54 Å². The van der Waals surface area contributed by atoms with E-state index in [-0.39, 0.29) is 0 Å². The van der Waals surface area contributed by atoms with E-state index in [1.807, 2.05) is 24.3 Å². The number of carbonyl (C=O) groups is 1. The Morgan fingerprint density at radius 1 is 1.26 bits per heavy atom. The summed E-state index contributed by atoms with van der Waals surface area (Å²) in [5, 5.41) is 5.78. The Bertz CT molecular complexity index is 588. The van der Waals surface area contributed by atoms with Crippen molar-refractivity contribution in [3.8, 4) is 0 Å². The van der Waals surface area contributed by atoms with Gasteiger partial charge in [0.15, 0.2) is 0 Å². The average Bonchev–Trinajstić information content (AvgIpc) is 2.36. The minimum absolute atomic E-state index is 0.576. The van der Waals surface area contributed by atoms with Crippen molar-refractivity contribution in [2.45, 2.75) is 6.54 Å². The van der Waals surface area contributed by atoms with Crippen molar-refractivity contribution >= 4 is 33.3 Å². The summed E-state index contributed by atoms with van der Waals surface area (Å²) in [6, 6.07) is 8.76. The van der Waals surface area contributed by atoms with Crippen LogP contribution in [0.3, 0.4) is 0 Å². The van der Waals surface area contributed by atoms with E-state index in [0.717, 1.165) is 15.7 Å². The molecule has 0 aliphatic heterocycles. The van der Waals surface area contributed by atoms with Gasteiger partial charge in [-0.25, -0.2) is 4.79 Å². The average molecular weight is 321 g/mol. The Hall–Kier alpha value is -2.08. The number of halogens is 1. The number of urea groups is 1. The third-order valence-electron chi connectivity index (χ3n) is 2.39. The molecular weight excluding hydrogens is 308 g/mol. The molecule has 5 nitrogen and oxygen atoms in total. The quantitative estimate of drug-likeness (QED) is 0.810. The summed E-state index contributed by atoms with van der Waals surface area (Å²) in [5.74, 6) is 0. The normalized spacial score (nSPS) is 9.95. The Morgan fingerprint density at radius 2 is 2.05 bits per heavy atom. The molecule has 0 saturated heterocycles. The van der Waals surface area contributed by atoms with E-state index in [1.54, 1.807) is 18.5 Å². The van der Waals surface area contributed by atoms with Crippen LogP contribution in [0.4, 0.5) is 16.2 Å².